The largest absolute Gasteiger partial charge is 0.462 e. The highest BCUT2D eigenvalue weighted by atomic mass is 32.2. The van der Waals surface area contributed by atoms with Gasteiger partial charge < -0.3 is 9.47 Å². The Hall–Kier alpha value is -2.28. The van der Waals surface area contributed by atoms with Crippen molar-refractivity contribution in [1.29, 1.82) is 0 Å². The molecule has 0 saturated carbocycles. The van der Waals surface area contributed by atoms with Crippen LogP contribution >= 0.6 is 11.8 Å². The number of rotatable bonds is 4. The molecule has 0 aromatic carbocycles. The number of esters is 2. The van der Waals surface area contributed by atoms with E-state index in [1.54, 1.807) is 26.0 Å². The van der Waals surface area contributed by atoms with Gasteiger partial charge in [-0.1, -0.05) is 17.8 Å². The van der Waals surface area contributed by atoms with Crippen LogP contribution in [0, 0.1) is 0 Å². The molecule has 6 nitrogen and oxygen atoms in total. The fourth-order valence-corrected chi connectivity index (χ4v) is 3.25. The van der Waals surface area contributed by atoms with Crippen molar-refractivity contribution in [3.05, 3.63) is 34.5 Å². The molecule has 0 radical (unpaired) electrons. The summed E-state index contributed by atoms with van der Waals surface area (Å²) in [6, 6.07) is 5.48. The van der Waals surface area contributed by atoms with E-state index in [2.05, 4.69) is 4.98 Å². The zero-order chi connectivity index (χ0) is 15.7. The highest BCUT2D eigenvalue weighted by Crippen LogP contribution is 2.37. The third-order valence-electron chi connectivity index (χ3n) is 3.06. The summed E-state index contributed by atoms with van der Waals surface area (Å²) < 4.78 is 11.9. The molecular weight excluding hydrogens is 304 g/mol. The van der Waals surface area contributed by atoms with Crippen LogP contribution in [0.4, 0.5) is 0 Å². The summed E-state index contributed by atoms with van der Waals surface area (Å²) in [4.78, 5) is 28.8. The van der Waals surface area contributed by atoms with Crippen LogP contribution in [0.2, 0.25) is 0 Å². The third-order valence-corrected chi connectivity index (χ3v) is 4.14. The molecule has 0 saturated heterocycles. The van der Waals surface area contributed by atoms with Gasteiger partial charge in [0.05, 0.1) is 13.2 Å². The van der Waals surface area contributed by atoms with E-state index in [1.165, 1.54) is 11.8 Å². The van der Waals surface area contributed by atoms with Crippen LogP contribution in [0.1, 0.15) is 30.0 Å². The minimum absolute atomic E-state index is 0.217. The number of carbonyl (C=O) groups excluding carboxylic acids is 2. The lowest BCUT2D eigenvalue weighted by molar-refractivity contribution is -0.137. The predicted molar refractivity (Wildman–Crippen MR) is 81.6 cm³/mol. The quantitative estimate of drug-likeness (QED) is 0.807. The average Bonchev–Trinajstić information content (AvgIpc) is 2.88. The van der Waals surface area contributed by atoms with E-state index in [0.717, 1.165) is 5.69 Å². The highest BCUT2D eigenvalue weighted by molar-refractivity contribution is 8.04. The molecule has 0 unspecified atom stereocenters. The van der Waals surface area contributed by atoms with Crippen molar-refractivity contribution < 1.29 is 19.1 Å². The smallest absolute Gasteiger partial charge is 0.359 e. The molecule has 0 spiro atoms. The Balaban J connectivity index is 2.11. The highest BCUT2D eigenvalue weighted by Gasteiger charge is 2.28. The van der Waals surface area contributed by atoms with E-state index in [4.69, 9.17) is 9.47 Å². The van der Waals surface area contributed by atoms with E-state index < -0.39 is 11.9 Å². The Morgan fingerprint density at radius 1 is 1.18 bits per heavy atom. The first-order valence-electron chi connectivity index (χ1n) is 6.91. The number of hydrogen-bond donors (Lipinski definition) is 0. The van der Waals surface area contributed by atoms with Gasteiger partial charge in [-0.25, -0.2) is 14.6 Å². The van der Waals surface area contributed by atoms with Crippen molar-refractivity contribution in [2.75, 3.05) is 13.2 Å². The zero-order valence-electron chi connectivity index (χ0n) is 12.2. The van der Waals surface area contributed by atoms with E-state index in [9.17, 15) is 9.59 Å². The number of pyridine rings is 1. The Morgan fingerprint density at radius 3 is 2.64 bits per heavy atom. The molecular formula is C15H14N2O4S. The molecule has 22 heavy (non-hydrogen) atoms. The van der Waals surface area contributed by atoms with Crippen LogP contribution < -0.4 is 0 Å². The lowest BCUT2D eigenvalue weighted by Crippen LogP contribution is -2.11. The molecule has 0 fully saturated rings. The predicted octanol–water partition coefficient (Wildman–Crippen LogP) is 2.52. The van der Waals surface area contributed by atoms with Gasteiger partial charge in [-0.3, -0.25) is 4.40 Å². The van der Waals surface area contributed by atoms with Crippen molar-refractivity contribution in [2.24, 2.45) is 0 Å². The third kappa shape index (κ3) is 2.37. The SMILES string of the molecule is CCOC(=O)C1=Cc2cccc3nc(C(=O)OCC)c(n23)S1. The van der Waals surface area contributed by atoms with Gasteiger partial charge in [-0.2, -0.15) is 0 Å². The lowest BCUT2D eigenvalue weighted by atomic mass is 10.3. The van der Waals surface area contributed by atoms with Gasteiger partial charge in [0.2, 0.25) is 0 Å². The first kappa shape index (κ1) is 14.6. The number of hydrogen-bond acceptors (Lipinski definition) is 6. The molecule has 0 atom stereocenters. The summed E-state index contributed by atoms with van der Waals surface area (Å²) in [5, 5.41) is 0.578. The van der Waals surface area contributed by atoms with Crippen molar-refractivity contribution in [1.82, 2.24) is 9.38 Å². The van der Waals surface area contributed by atoms with E-state index in [1.807, 2.05) is 16.5 Å². The molecule has 1 aliphatic heterocycles. The molecule has 0 N–H and O–H groups in total. The summed E-state index contributed by atoms with van der Waals surface area (Å²) in [5.41, 5.74) is 1.63. The normalized spacial score (nSPS) is 12.9. The number of ether oxygens (including phenoxy) is 2. The molecule has 3 heterocycles. The second kappa shape index (κ2) is 5.84. The fraction of sp³-hybridized carbons (Fsp3) is 0.267. The van der Waals surface area contributed by atoms with Gasteiger partial charge >= 0.3 is 11.9 Å². The van der Waals surface area contributed by atoms with Crippen LogP contribution in [0.5, 0.6) is 0 Å². The zero-order valence-corrected chi connectivity index (χ0v) is 13.0. The second-order valence-electron chi connectivity index (χ2n) is 4.46. The van der Waals surface area contributed by atoms with Crippen LogP contribution in [0.15, 0.2) is 28.1 Å². The number of thioether (sulfide) groups is 1. The minimum Gasteiger partial charge on any atom is -0.462 e. The Morgan fingerprint density at radius 2 is 1.91 bits per heavy atom. The molecule has 114 valence electrons. The summed E-state index contributed by atoms with van der Waals surface area (Å²) in [7, 11) is 0. The number of nitrogens with zero attached hydrogens (tertiary/aromatic N) is 2. The molecule has 2 aromatic heterocycles. The first-order valence-corrected chi connectivity index (χ1v) is 7.72. The van der Waals surface area contributed by atoms with Crippen LogP contribution in [-0.4, -0.2) is 34.5 Å². The molecule has 0 bridgehead atoms. The van der Waals surface area contributed by atoms with Gasteiger partial charge in [0.15, 0.2) is 5.69 Å². The van der Waals surface area contributed by atoms with E-state index in [0.29, 0.717) is 22.2 Å². The van der Waals surface area contributed by atoms with Crippen LogP contribution in [-0.2, 0) is 14.3 Å². The maximum absolute atomic E-state index is 12.1. The molecule has 2 aromatic rings. The number of imidazole rings is 1. The summed E-state index contributed by atoms with van der Waals surface area (Å²) in [5.74, 6) is -0.906. The summed E-state index contributed by atoms with van der Waals surface area (Å²) in [6.45, 7) is 4.05. The number of aromatic nitrogens is 2. The first-order chi connectivity index (χ1) is 10.7. The monoisotopic (exact) mass is 318 g/mol. The van der Waals surface area contributed by atoms with Gasteiger partial charge in [-0.15, -0.1) is 0 Å². The minimum atomic E-state index is -0.496. The van der Waals surface area contributed by atoms with E-state index in [-0.39, 0.29) is 12.3 Å². The molecule has 1 aliphatic rings. The average molecular weight is 318 g/mol. The maximum atomic E-state index is 12.1. The van der Waals surface area contributed by atoms with Crippen molar-refractivity contribution in [2.45, 2.75) is 18.9 Å². The molecule has 3 rings (SSSR count). The Labute approximate surface area is 131 Å². The molecule has 7 heteroatoms. The van der Waals surface area contributed by atoms with Gasteiger partial charge in [0.25, 0.3) is 0 Å². The standard InChI is InChI=1S/C15H14N2O4S/c1-3-20-14(18)10-8-9-6-5-7-11-16-12(15(19)21-4-2)13(22-10)17(9)11/h5-8H,3-4H2,1-2H3. The molecule has 0 aliphatic carbocycles. The lowest BCUT2D eigenvalue weighted by Gasteiger charge is -2.14. The Bertz CT molecular complexity index is 794. The number of carbonyl (C=O) groups is 2. The summed E-state index contributed by atoms with van der Waals surface area (Å²) in [6.07, 6.45) is 1.74. The second-order valence-corrected chi connectivity index (χ2v) is 5.49. The van der Waals surface area contributed by atoms with Gasteiger partial charge in [-0.05, 0) is 32.1 Å². The van der Waals surface area contributed by atoms with Crippen LogP contribution in [0.3, 0.4) is 0 Å². The van der Waals surface area contributed by atoms with Gasteiger partial charge in [0.1, 0.15) is 15.6 Å². The Kier molecular flexibility index (Phi) is 3.89. The molecule has 0 amide bonds. The van der Waals surface area contributed by atoms with Crippen molar-refractivity contribution in [3.63, 3.8) is 0 Å². The van der Waals surface area contributed by atoms with Crippen molar-refractivity contribution >= 4 is 35.4 Å². The maximum Gasteiger partial charge on any atom is 0.359 e. The van der Waals surface area contributed by atoms with Crippen LogP contribution in [0.25, 0.3) is 11.7 Å². The fourth-order valence-electron chi connectivity index (χ4n) is 2.20. The van der Waals surface area contributed by atoms with E-state index >= 15 is 0 Å². The topological polar surface area (TPSA) is 69.9 Å². The summed E-state index contributed by atoms with van der Waals surface area (Å²) >= 11 is 1.17. The van der Waals surface area contributed by atoms with Gasteiger partial charge in [0, 0.05) is 5.69 Å². The van der Waals surface area contributed by atoms with Crippen molar-refractivity contribution in [3.8, 4) is 0 Å².